The van der Waals surface area contributed by atoms with Crippen molar-refractivity contribution < 1.29 is 23.3 Å². The van der Waals surface area contributed by atoms with Crippen LogP contribution in [0.5, 0.6) is 0 Å². The molecule has 8 heteroatoms. The molecule has 156 valence electrons. The van der Waals surface area contributed by atoms with E-state index in [0.717, 1.165) is 24.0 Å². The Balaban J connectivity index is 2.25. The summed E-state index contributed by atoms with van der Waals surface area (Å²) in [6.45, 7) is 9.53. The van der Waals surface area contributed by atoms with Crippen LogP contribution in [-0.2, 0) is 18.4 Å². The van der Waals surface area contributed by atoms with Gasteiger partial charge in [0.05, 0.1) is 19.1 Å². The van der Waals surface area contributed by atoms with E-state index in [1.165, 1.54) is 0 Å². The van der Waals surface area contributed by atoms with E-state index in [1.807, 2.05) is 37.3 Å². The largest absolute Gasteiger partial charge is 0.472 e. The monoisotopic (exact) mass is 410 g/mol. The fourth-order valence-electron chi connectivity index (χ4n) is 2.42. The second-order valence-corrected chi connectivity index (χ2v) is 8.10. The minimum absolute atomic E-state index is 0.117. The summed E-state index contributed by atoms with van der Waals surface area (Å²) in [5.74, 6) is -0.117. The van der Waals surface area contributed by atoms with Crippen molar-refractivity contribution >= 4 is 26.5 Å². The summed E-state index contributed by atoms with van der Waals surface area (Å²) in [5.41, 5.74) is 2.74. The van der Waals surface area contributed by atoms with Crippen molar-refractivity contribution in [2.45, 2.75) is 52.6 Å². The summed E-state index contributed by atoms with van der Waals surface area (Å²) in [7, 11) is -3.96. The summed E-state index contributed by atoms with van der Waals surface area (Å²) in [5, 5.41) is 2.84. The molecule has 1 aromatic rings. The van der Waals surface area contributed by atoms with Crippen molar-refractivity contribution in [3.8, 4) is 0 Å². The first kappa shape index (κ1) is 24.2. The van der Waals surface area contributed by atoms with Gasteiger partial charge in [-0.15, -0.1) is 0 Å². The van der Waals surface area contributed by atoms with Gasteiger partial charge in [0.2, 0.25) is 5.91 Å². The number of hydrogen-bond acceptors (Lipinski definition) is 5. The highest BCUT2D eigenvalue weighted by molar-refractivity contribution is 7.47. The molecule has 2 N–H and O–H groups in total. The summed E-state index contributed by atoms with van der Waals surface area (Å²) in [4.78, 5) is 25.4. The van der Waals surface area contributed by atoms with Crippen LogP contribution in [0, 0.1) is 6.92 Å². The standard InChI is InChI=1S/C20H31N2O5P/c1-16(2)27-28(24,25)26-13-9-5-8-12-22-20(23)15-19(21-4)14-18-11-7-6-10-17(18)3/h6-7,10-11,14,16H,4-5,8-9,12-13,15H2,1-3H3,(H,22,23)(H,24,25)/b19-14-. The summed E-state index contributed by atoms with van der Waals surface area (Å²) in [6, 6.07) is 7.87. The minimum atomic E-state index is -3.96. The van der Waals surface area contributed by atoms with Gasteiger partial charge in [0.1, 0.15) is 0 Å². The quantitative estimate of drug-likeness (QED) is 0.288. The smallest absolute Gasteiger partial charge is 0.356 e. The molecular formula is C20H31N2O5P. The first-order valence-electron chi connectivity index (χ1n) is 9.39. The lowest BCUT2D eigenvalue weighted by atomic mass is 10.1. The van der Waals surface area contributed by atoms with Gasteiger partial charge in [0.15, 0.2) is 0 Å². The first-order valence-corrected chi connectivity index (χ1v) is 10.9. The molecule has 0 radical (unpaired) electrons. The van der Waals surface area contributed by atoms with Gasteiger partial charge >= 0.3 is 7.82 Å². The molecule has 0 aliphatic rings. The van der Waals surface area contributed by atoms with E-state index < -0.39 is 7.82 Å². The number of hydrogen-bond donors (Lipinski definition) is 2. The molecule has 0 aliphatic carbocycles. The number of phosphoric acid groups is 1. The SMILES string of the molecule is C=N/C(=C\c1ccccc1C)CC(=O)NCCCCCOP(=O)(O)OC(C)C. The van der Waals surface area contributed by atoms with Crippen molar-refractivity contribution in [3.63, 3.8) is 0 Å². The zero-order valence-electron chi connectivity index (χ0n) is 16.9. The molecule has 1 amide bonds. The normalized spacial score (nSPS) is 14.0. The molecule has 0 spiro atoms. The highest BCUT2D eigenvalue weighted by atomic mass is 31.2. The van der Waals surface area contributed by atoms with Crippen LogP contribution in [0.25, 0.3) is 6.08 Å². The average molecular weight is 410 g/mol. The third-order valence-electron chi connectivity index (χ3n) is 3.80. The predicted molar refractivity (Wildman–Crippen MR) is 112 cm³/mol. The Labute approximate surface area is 167 Å². The predicted octanol–water partition coefficient (Wildman–Crippen LogP) is 4.26. The lowest BCUT2D eigenvalue weighted by Gasteiger charge is -2.14. The Morgan fingerprint density at radius 2 is 2.04 bits per heavy atom. The fourth-order valence-corrected chi connectivity index (χ4v) is 3.37. The molecule has 0 heterocycles. The van der Waals surface area contributed by atoms with Gasteiger partial charge < -0.3 is 10.2 Å². The Morgan fingerprint density at radius 1 is 1.32 bits per heavy atom. The van der Waals surface area contributed by atoms with Crippen molar-refractivity contribution in [1.82, 2.24) is 5.32 Å². The van der Waals surface area contributed by atoms with Crippen LogP contribution in [0.4, 0.5) is 0 Å². The van der Waals surface area contributed by atoms with Crippen LogP contribution < -0.4 is 5.32 Å². The van der Waals surface area contributed by atoms with Crippen LogP contribution in [0.2, 0.25) is 0 Å². The van der Waals surface area contributed by atoms with E-state index in [-0.39, 0.29) is 25.0 Å². The Hall–Kier alpha value is -1.79. The molecule has 28 heavy (non-hydrogen) atoms. The van der Waals surface area contributed by atoms with Crippen LogP contribution in [0.15, 0.2) is 35.0 Å². The molecule has 0 aromatic heterocycles. The summed E-state index contributed by atoms with van der Waals surface area (Å²) < 4.78 is 21.2. The number of aryl methyl sites for hydroxylation is 1. The Bertz CT molecular complexity index is 718. The molecule has 1 atom stereocenters. The third kappa shape index (κ3) is 10.5. The summed E-state index contributed by atoms with van der Waals surface area (Å²) in [6.07, 6.45) is 3.77. The Kier molecular flexibility index (Phi) is 10.9. The van der Waals surface area contributed by atoms with Crippen molar-refractivity contribution in [2.24, 2.45) is 4.99 Å². The van der Waals surface area contributed by atoms with Gasteiger partial charge in [-0.25, -0.2) is 4.57 Å². The number of nitrogens with one attached hydrogen (secondary N) is 1. The van der Waals surface area contributed by atoms with Crippen LogP contribution in [0.3, 0.4) is 0 Å². The van der Waals surface area contributed by atoms with E-state index in [4.69, 9.17) is 9.05 Å². The Morgan fingerprint density at radius 3 is 2.68 bits per heavy atom. The maximum absolute atomic E-state index is 12.1. The van der Waals surface area contributed by atoms with Gasteiger partial charge in [-0.1, -0.05) is 24.3 Å². The number of phosphoric ester groups is 1. The van der Waals surface area contributed by atoms with Gasteiger partial charge in [0, 0.05) is 12.2 Å². The van der Waals surface area contributed by atoms with Gasteiger partial charge in [-0.05, 0) is 64.0 Å². The minimum Gasteiger partial charge on any atom is -0.356 e. The van der Waals surface area contributed by atoms with E-state index in [0.29, 0.717) is 18.7 Å². The van der Waals surface area contributed by atoms with Crippen LogP contribution >= 0.6 is 7.82 Å². The number of amides is 1. The highest BCUT2D eigenvalue weighted by Crippen LogP contribution is 2.44. The van der Waals surface area contributed by atoms with E-state index in [9.17, 15) is 14.3 Å². The van der Waals surface area contributed by atoms with Crippen molar-refractivity contribution in [3.05, 3.63) is 41.1 Å². The molecular weight excluding hydrogens is 379 g/mol. The first-order chi connectivity index (χ1) is 13.2. The number of carbonyl (C=O) groups is 1. The lowest BCUT2D eigenvalue weighted by molar-refractivity contribution is -0.120. The van der Waals surface area contributed by atoms with E-state index >= 15 is 0 Å². The van der Waals surface area contributed by atoms with Crippen LogP contribution in [-0.4, -0.2) is 36.8 Å². The molecule has 0 aliphatic heterocycles. The molecule has 0 saturated carbocycles. The van der Waals surface area contributed by atoms with Gasteiger partial charge in [-0.2, -0.15) is 0 Å². The molecule has 7 nitrogen and oxygen atoms in total. The number of carbonyl (C=O) groups excluding carboxylic acids is 1. The molecule has 0 fully saturated rings. The number of unbranched alkanes of at least 4 members (excludes halogenated alkanes) is 2. The second-order valence-electron chi connectivity index (χ2n) is 6.69. The molecule has 0 saturated heterocycles. The van der Waals surface area contributed by atoms with Crippen molar-refractivity contribution in [2.75, 3.05) is 13.2 Å². The van der Waals surface area contributed by atoms with Crippen LogP contribution in [0.1, 0.15) is 50.7 Å². The fraction of sp³-hybridized carbons (Fsp3) is 0.500. The third-order valence-corrected chi connectivity index (χ3v) is 4.99. The molecule has 1 rings (SSSR count). The van der Waals surface area contributed by atoms with Crippen molar-refractivity contribution in [1.29, 1.82) is 0 Å². The number of benzene rings is 1. The summed E-state index contributed by atoms with van der Waals surface area (Å²) >= 11 is 0. The zero-order valence-corrected chi connectivity index (χ0v) is 17.8. The average Bonchev–Trinajstić information content (AvgIpc) is 2.61. The maximum Gasteiger partial charge on any atom is 0.472 e. The second kappa shape index (κ2) is 12.6. The van der Waals surface area contributed by atoms with Gasteiger partial charge in [0.25, 0.3) is 0 Å². The number of rotatable bonds is 13. The number of nitrogens with zero attached hydrogens (tertiary/aromatic N) is 1. The lowest BCUT2D eigenvalue weighted by Crippen LogP contribution is -2.24. The molecule has 1 unspecified atom stereocenters. The zero-order chi connectivity index (χ0) is 21.0. The molecule has 0 bridgehead atoms. The molecule has 1 aromatic carbocycles. The number of aliphatic imine (C=N–C) groups is 1. The maximum atomic E-state index is 12.1. The topological polar surface area (TPSA) is 97.2 Å². The van der Waals surface area contributed by atoms with E-state index in [2.05, 4.69) is 17.0 Å². The highest BCUT2D eigenvalue weighted by Gasteiger charge is 2.21. The van der Waals surface area contributed by atoms with E-state index in [1.54, 1.807) is 13.8 Å². The van der Waals surface area contributed by atoms with Gasteiger partial charge in [-0.3, -0.25) is 18.8 Å².